The molecule has 52 heavy (non-hydrogen) atoms. The standard InChI is InChI=1S/C34H29NO10S3.C4H8/c1-34(15-43-24(37)6-7-35-20-12-21(36)18-4-2-3-5-19(18)25(20)38)16-44-28-29(45-17-34)33(31-27-23(14-47-31)40-9-11-42-27)48-32(28)30-26-22(13-46-30)39-8-10-41-26;1-3-4-2/h2-5,12-14,35H,6-11,15-17H2,1H3;3-4H,1-2H3. The van der Waals surface area contributed by atoms with Gasteiger partial charge in [0.2, 0.25) is 5.78 Å². The van der Waals surface area contributed by atoms with Gasteiger partial charge in [-0.15, -0.1) is 34.0 Å². The first kappa shape index (κ1) is 35.6. The van der Waals surface area contributed by atoms with Crippen molar-refractivity contribution < 1.29 is 47.5 Å². The van der Waals surface area contributed by atoms with Crippen LogP contribution >= 0.6 is 34.0 Å². The molecular formula is C38H37NO10S3. The van der Waals surface area contributed by atoms with Crippen molar-refractivity contribution in [2.45, 2.75) is 27.2 Å². The zero-order valence-electron chi connectivity index (χ0n) is 28.9. The SMILES string of the molecule is CC1(COC(=O)CCNC2=CC(=O)c3ccccc3C2=O)COc2c(-c3scc4c3OCCO4)sc(-c3scc4c3OCCO4)c2OC1.CC=CC. The third-order valence-corrected chi connectivity index (χ3v) is 11.8. The van der Waals surface area contributed by atoms with Crippen LogP contribution in [0.2, 0.25) is 0 Å². The highest BCUT2D eigenvalue weighted by molar-refractivity contribution is 7.27. The van der Waals surface area contributed by atoms with E-state index in [0.29, 0.717) is 72.1 Å². The number of allylic oxidation sites excluding steroid dienone is 4. The Morgan fingerprint density at radius 3 is 1.92 bits per heavy atom. The molecule has 4 aromatic rings. The minimum absolute atomic E-state index is 0.00336. The van der Waals surface area contributed by atoms with Crippen molar-refractivity contribution in [2.24, 2.45) is 5.41 Å². The number of hydrogen-bond donors (Lipinski definition) is 1. The van der Waals surface area contributed by atoms with E-state index in [4.69, 9.17) is 33.2 Å². The van der Waals surface area contributed by atoms with E-state index < -0.39 is 11.4 Å². The number of nitrogens with one attached hydrogen (secondary N) is 1. The highest BCUT2D eigenvalue weighted by Crippen LogP contribution is 2.61. The number of ketones is 2. The smallest absolute Gasteiger partial charge is 0.307 e. The molecule has 0 unspecified atom stereocenters. The number of thiophene rings is 3. The van der Waals surface area contributed by atoms with Crippen LogP contribution in [0.1, 0.15) is 47.9 Å². The summed E-state index contributed by atoms with van der Waals surface area (Å²) >= 11 is 4.58. The van der Waals surface area contributed by atoms with Gasteiger partial charge in [-0.05, 0) is 20.8 Å². The molecule has 0 saturated carbocycles. The summed E-state index contributed by atoms with van der Waals surface area (Å²) in [6.45, 7) is 8.47. The molecule has 8 rings (SSSR count). The molecule has 272 valence electrons. The van der Waals surface area contributed by atoms with E-state index >= 15 is 0 Å². The van der Waals surface area contributed by atoms with Crippen molar-refractivity contribution in [3.63, 3.8) is 0 Å². The Morgan fingerprint density at radius 2 is 1.35 bits per heavy atom. The molecule has 0 radical (unpaired) electrons. The summed E-state index contributed by atoms with van der Waals surface area (Å²) in [4.78, 5) is 41.5. The molecule has 1 N–H and O–H groups in total. The van der Waals surface area contributed by atoms with Gasteiger partial charge < -0.3 is 38.5 Å². The maximum atomic E-state index is 12.8. The maximum absolute atomic E-state index is 12.8. The Hall–Kier alpha value is -4.79. The highest BCUT2D eigenvalue weighted by Gasteiger charge is 2.38. The van der Waals surface area contributed by atoms with Gasteiger partial charge in [-0.3, -0.25) is 14.4 Å². The molecule has 0 saturated heterocycles. The molecule has 1 aliphatic carbocycles. The summed E-state index contributed by atoms with van der Waals surface area (Å²) in [5.74, 6) is 2.98. The number of benzene rings is 1. The molecule has 0 bridgehead atoms. The molecule has 6 heterocycles. The zero-order chi connectivity index (χ0) is 36.2. The van der Waals surface area contributed by atoms with Crippen molar-refractivity contribution in [1.82, 2.24) is 5.32 Å². The molecule has 3 aliphatic heterocycles. The summed E-state index contributed by atoms with van der Waals surface area (Å²) in [7, 11) is 0. The minimum atomic E-state index is -0.671. The van der Waals surface area contributed by atoms with Gasteiger partial charge in [-0.2, -0.15) is 0 Å². The predicted molar refractivity (Wildman–Crippen MR) is 199 cm³/mol. The van der Waals surface area contributed by atoms with Crippen LogP contribution in [-0.2, 0) is 9.53 Å². The second-order valence-electron chi connectivity index (χ2n) is 12.5. The fraction of sp³-hybridized carbons (Fsp3) is 0.342. The van der Waals surface area contributed by atoms with Gasteiger partial charge in [0, 0.05) is 34.5 Å². The fourth-order valence-corrected chi connectivity index (χ4v) is 9.03. The second kappa shape index (κ2) is 15.4. The lowest BCUT2D eigenvalue weighted by Crippen LogP contribution is -2.36. The molecule has 11 nitrogen and oxygen atoms in total. The minimum Gasteiger partial charge on any atom is -0.487 e. The van der Waals surface area contributed by atoms with Gasteiger partial charge in [0.1, 0.15) is 46.2 Å². The van der Waals surface area contributed by atoms with Crippen molar-refractivity contribution in [3.05, 3.63) is 70.1 Å². The molecule has 14 heteroatoms. The lowest BCUT2D eigenvalue weighted by atomic mass is 9.93. The number of carbonyl (C=O) groups excluding carboxylic acids is 3. The normalized spacial score (nSPS) is 16.6. The molecular weight excluding hydrogens is 727 g/mol. The van der Waals surface area contributed by atoms with E-state index in [1.807, 2.05) is 43.7 Å². The predicted octanol–water partition coefficient (Wildman–Crippen LogP) is 7.59. The van der Waals surface area contributed by atoms with Crippen molar-refractivity contribution >= 4 is 51.5 Å². The largest absolute Gasteiger partial charge is 0.487 e. The average Bonchev–Trinajstić information content (AvgIpc) is 3.86. The van der Waals surface area contributed by atoms with Crippen molar-refractivity contribution in [2.75, 3.05) is 52.8 Å². The average molecular weight is 764 g/mol. The van der Waals surface area contributed by atoms with Crippen LogP contribution in [0.4, 0.5) is 0 Å². The zero-order valence-corrected chi connectivity index (χ0v) is 31.3. The fourth-order valence-electron chi connectivity index (χ4n) is 5.69. The molecule has 0 spiro atoms. The van der Waals surface area contributed by atoms with Gasteiger partial charge in [0.05, 0.1) is 37.0 Å². The third-order valence-electron chi connectivity index (χ3n) is 8.48. The topological polar surface area (TPSA) is 128 Å². The van der Waals surface area contributed by atoms with E-state index in [9.17, 15) is 14.4 Å². The Balaban J connectivity index is 0.00000100. The lowest BCUT2D eigenvalue weighted by molar-refractivity contribution is -0.148. The molecule has 0 atom stereocenters. The lowest BCUT2D eigenvalue weighted by Gasteiger charge is -2.26. The van der Waals surface area contributed by atoms with Crippen LogP contribution in [0.5, 0.6) is 34.5 Å². The van der Waals surface area contributed by atoms with Crippen LogP contribution in [0.3, 0.4) is 0 Å². The van der Waals surface area contributed by atoms with Gasteiger partial charge >= 0.3 is 5.97 Å². The molecule has 0 fully saturated rings. The Bertz CT molecular complexity index is 1970. The third kappa shape index (κ3) is 7.14. The number of Topliss-reactive ketones (excluding diaryl/α,β-unsaturated/α-hetero) is 1. The number of rotatable bonds is 8. The van der Waals surface area contributed by atoms with Crippen molar-refractivity contribution in [1.29, 1.82) is 0 Å². The van der Waals surface area contributed by atoms with E-state index in [2.05, 4.69) is 5.32 Å². The van der Waals surface area contributed by atoms with E-state index in [1.165, 1.54) is 40.1 Å². The van der Waals surface area contributed by atoms with Gasteiger partial charge in [0.15, 0.2) is 40.3 Å². The number of hydrogen-bond acceptors (Lipinski definition) is 14. The van der Waals surface area contributed by atoms with E-state index in [1.54, 1.807) is 24.3 Å². The Morgan fingerprint density at radius 1 is 0.788 bits per heavy atom. The molecule has 1 aromatic carbocycles. The second-order valence-corrected chi connectivity index (χ2v) is 15.3. The van der Waals surface area contributed by atoms with Crippen LogP contribution in [0.25, 0.3) is 19.5 Å². The Kier molecular flexibility index (Phi) is 10.6. The first-order chi connectivity index (χ1) is 25.3. The quantitative estimate of drug-likeness (QED) is 0.141. The van der Waals surface area contributed by atoms with Gasteiger partial charge in [0.25, 0.3) is 0 Å². The van der Waals surface area contributed by atoms with Crippen LogP contribution < -0.4 is 33.7 Å². The molecule has 4 aliphatic rings. The summed E-state index contributed by atoms with van der Waals surface area (Å²) < 4.78 is 42.4. The van der Waals surface area contributed by atoms with Gasteiger partial charge in [-0.1, -0.05) is 36.4 Å². The summed E-state index contributed by atoms with van der Waals surface area (Å²) in [6.07, 6.45) is 5.27. The summed E-state index contributed by atoms with van der Waals surface area (Å²) in [5, 5.41) is 6.80. The van der Waals surface area contributed by atoms with Crippen LogP contribution in [0, 0.1) is 5.41 Å². The number of esters is 1. The maximum Gasteiger partial charge on any atom is 0.307 e. The van der Waals surface area contributed by atoms with E-state index in [-0.39, 0.29) is 50.0 Å². The number of ether oxygens (including phenoxy) is 7. The summed E-state index contributed by atoms with van der Waals surface area (Å²) in [5.41, 5.74) is 0.205. The molecule has 0 amide bonds. The first-order valence-electron chi connectivity index (χ1n) is 16.8. The summed E-state index contributed by atoms with van der Waals surface area (Å²) in [6, 6.07) is 6.67. The monoisotopic (exact) mass is 763 g/mol. The Labute approximate surface area is 312 Å². The number of carbonyl (C=O) groups is 3. The van der Waals surface area contributed by atoms with Crippen LogP contribution in [0.15, 0.2) is 59.0 Å². The van der Waals surface area contributed by atoms with Crippen LogP contribution in [-0.4, -0.2) is 70.3 Å². The first-order valence-corrected chi connectivity index (χ1v) is 19.4. The van der Waals surface area contributed by atoms with Gasteiger partial charge in [-0.25, -0.2) is 0 Å². The molecule has 3 aromatic heterocycles. The van der Waals surface area contributed by atoms with E-state index in [0.717, 1.165) is 19.5 Å². The number of fused-ring (bicyclic) bond motifs is 4. The van der Waals surface area contributed by atoms with Crippen molar-refractivity contribution in [3.8, 4) is 54.0 Å². The highest BCUT2D eigenvalue weighted by atomic mass is 32.1.